The first-order chi connectivity index (χ1) is 10.7. The second-order valence-corrected chi connectivity index (χ2v) is 4.72. The van der Waals surface area contributed by atoms with Crippen LogP contribution in [0, 0.1) is 10.1 Å². The zero-order chi connectivity index (χ0) is 15.5. The molecule has 5 nitrogen and oxygen atoms in total. The van der Waals surface area contributed by atoms with Crippen molar-refractivity contribution >= 4 is 28.4 Å². The molecule has 0 aliphatic carbocycles. The van der Waals surface area contributed by atoms with Crippen LogP contribution in [-0.4, -0.2) is 16.2 Å². The van der Waals surface area contributed by atoms with Gasteiger partial charge in [-0.3, -0.25) is 15.1 Å². The SMILES string of the molecule is O=[N+]([O-])c1ccc(N=Cc2ccccc2O)c2ccccc12. The Labute approximate surface area is 126 Å². The molecule has 0 radical (unpaired) electrons. The molecule has 0 amide bonds. The Bertz CT molecular complexity index is 888. The molecule has 0 atom stereocenters. The highest BCUT2D eigenvalue weighted by Gasteiger charge is 2.13. The van der Waals surface area contributed by atoms with Gasteiger partial charge in [0.15, 0.2) is 0 Å². The number of nitro benzene ring substituents is 1. The number of phenolic OH excluding ortho intramolecular Hbond substituents is 1. The summed E-state index contributed by atoms with van der Waals surface area (Å²) in [4.78, 5) is 15.0. The fourth-order valence-corrected chi connectivity index (χ4v) is 2.27. The second kappa shape index (κ2) is 5.65. The van der Waals surface area contributed by atoms with Gasteiger partial charge in [-0.1, -0.05) is 30.3 Å². The van der Waals surface area contributed by atoms with E-state index in [4.69, 9.17) is 0 Å². The summed E-state index contributed by atoms with van der Waals surface area (Å²) >= 11 is 0. The topological polar surface area (TPSA) is 75.7 Å². The number of hydrogen-bond acceptors (Lipinski definition) is 4. The van der Waals surface area contributed by atoms with Crippen LogP contribution in [0.5, 0.6) is 5.75 Å². The zero-order valence-electron chi connectivity index (χ0n) is 11.5. The van der Waals surface area contributed by atoms with E-state index >= 15 is 0 Å². The summed E-state index contributed by atoms with van der Waals surface area (Å²) < 4.78 is 0. The van der Waals surface area contributed by atoms with Gasteiger partial charge in [0.05, 0.1) is 16.0 Å². The number of fused-ring (bicyclic) bond motifs is 1. The molecular weight excluding hydrogens is 280 g/mol. The van der Waals surface area contributed by atoms with Crippen molar-refractivity contribution in [3.8, 4) is 5.75 Å². The van der Waals surface area contributed by atoms with Gasteiger partial charge in [-0.2, -0.15) is 0 Å². The summed E-state index contributed by atoms with van der Waals surface area (Å²) in [5, 5.41) is 22.1. The predicted molar refractivity (Wildman–Crippen MR) is 86.0 cm³/mol. The molecule has 0 heterocycles. The summed E-state index contributed by atoms with van der Waals surface area (Å²) in [6, 6.07) is 17.0. The first kappa shape index (κ1) is 13.8. The van der Waals surface area contributed by atoms with Gasteiger partial charge in [0, 0.05) is 23.2 Å². The van der Waals surface area contributed by atoms with E-state index in [1.165, 1.54) is 6.07 Å². The molecule has 0 aromatic heterocycles. The van der Waals surface area contributed by atoms with Crippen molar-refractivity contribution in [2.45, 2.75) is 0 Å². The van der Waals surface area contributed by atoms with Gasteiger partial charge in [0.25, 0.3) is 5.69 Å². The van der Waals surface area contributed by atoms with E-state index in [9.17, 15) is 15.2 Å². The molecule has 0 fully saturated rings. The van der Waals surface area contributed by atoms with E-state index in [0.717, 1.165) is 0 Å². The number of rotatable bonds is 3. The highest BCUT2D eigenvalue weighted by Crippen LogP contribution is 2.33. The van der Waals surface area contributed by atoms with Crippen LogP contribution in [0.25, 0.3) is 10.8 Å². The summed E-state index contributed by atoms with van der Waals surface area (Å²) in [5.74, 6) is 0.137. The molecule has 0 spiro atoms. The smallest absolute Gasteiger partial charge is 0.277 e. The maximum absolute atomic E-state index is 11.1. The summed E-state index contributed by atoms with van der Waals surface area (Å²) in [6.45, 7) is 0. The lowest BCUT2D eigenvalue weighted by Crippen LogP contribution is -1.89. The zero-order valence-corrected chi connectivity index (χ0v) is 11.5. The van der Waals surface area contributed by atoms with Crippen molar-refractivity contribution in [3.63, 3.8) is 0 Å². The van der Waals surface area contributed by atoms with Crippen LogP contribution in [0.4, 0.5) is 11.4 Å². The first-order valence-electron chi connectivity index (χ1n) is 6.65. The molecule has 3 rings (SSSR count). The van der Waals surface area contributed by atoms with Gasteiger partial charge in [0.1, 0.15) is 5.75 Å². The van der Waals surface area contributed by atoms with Crippen molar-refractivity contribution < 1.29 is 10.0 Å². The average Bonchev–Trinajstić information content (AvgIpc) is 2.53. The Morgan fingerprint density at radius 1 is 0.955 bits per heavy atom. The molecule has 0 saturated carbocycles. The molecule has 3 aromatic rings. The van der Waals surface area contributed by atoms with Gasteiger partial charge in [-0.25, -0.2) is 0 Å². The number of non-ortho nitro benzene ring substituents is 1. The van der Waals surface area contributed by atoms with Crippen molar-refractivity contribution in [2.75, 3.05) is 0 Å². The third-order valence-electron chi connectivity index (χ3n) is 3.35. The fourth-order valence-electron chi connectivity index (χ4n) is 2.27. The predicted octanol–water partition coefficient (Wildman–Crippen LogP) is 4.20. The largest absolute Gasteiger partial charge is 0.507 e. The first-order valence-corrected chi connectivity index (χ1v) is 6.65. The lowest BCUT2D eigenvalue weighted by atomic mass is 10.1. The van der Waals surface area contributed by atoms with E-state index in [1.807, 2.05) is 6.07 Å². The van der Waals surface area contributed by atoms with Crippen molar-refractivity contribution in [3.05, 3.63) is 76.3 Å². The summed E-state index contributed by atoms with van der Waals surface area (Å²) in [5.41, 5.74) is 1.26. The second-order valence-electron chi connectivity index (χ2n) is 4.72. The summed E-state index contributed by atoms with van der Waals surface area (Å²) in [7, 11) is 0. The van der Waals surface area contributed by atoms with Gasteiger partial charge >= 0.3 is 0 Å². The van der Waals surface area contributed by atoms with Gasteiger partial charge in [-0.15, -0.1) is 0 Å². The monoisotopic (exact) mass is 292 g/mol. The number of aliphatic imine (C=N–C) groups is 1. The van der Waals surface area contributed by atoms with Crippen LogP contribution in [0.15, 0.2) is 65.7 Å². The normalized spacial score (nSPS) is 11.1. The molecule has 5 heteroatoms. The molecule has 0 bridgehead atoms. The number of nitrogens with zero attached hydrogens (tertiary/aromatic N) is 2. The van der Waals surface area contributed by atoms with Crippen molar-refractivity contribution in [1.29, 1.82) is 0 Å². The van der Waals surface area contributed by atoms with Crippen LogP contribution in [0.2, 0.25) is 0 Å². The van der Waals surface area contributed by atoms with E-state index in [-0.39, 0.29) is 11.4 Å². The van der Waals surface area contributed by atoms with Crippen molar-refractivity contribution in [2.24, 2.45) is 4.99 Å². The van der Waals surface area contributed by atoms with Crippen LogP contribution >= 0.6 is 0 Å². The molecule has 108 valence electrons. The summed E-state index contributed by atoms with van der Waals surface area (Å²) in [6.07, 6.45) is 1.54. The number of aromatic hydroxyl groups is 1. The minimum atomic E-state index is -0.404. The maximum Gasteiger partial charge on any atom is 0.277 e. The number of phenols is 1. The Morgan fingerprint density at radius 3 is 2.36 bits per heavy atom. The molecule has 0 unspecified atom stereocenters. The average molecular weight is 292 g/mol. The Balaban J connectivity index is 2.11. The Hall–Kier alpha value is -3.21. The minimum absolute atomic E-state index is 0.0529. The maximum atomic E-state index is 11.1. The van der Waals surface area contributed by atoms with Gasteiger partial charge in [0.2, 0.25) is 0 Å². The molecule has 22 heavy (non-hydrogen) atoms. The number of benzene rings is 3. The van der Waals surface area contributed by atoms with Crippen LogP contribution < -0.4 is 0 Å². The third kappa shape index (κ3) is 2.52. The molecule has 0 aliphatic rings. The third-order valence-corrected chi connectivity index (χ3v) is 3.35. The standard InChI is InChI=1S/C17H12N2O3/c20-17-8-4-1-5-12(17)11-18-15-9-10-16(19(21)22)14-7-3-2-6-13(14)15/h1-11,20H. The molecule has 3 aromatic carbocycles. The number of para-hydroxylation sites is 1. The number of hydrogen-bond donors (Lipinski definition) is 1. The van der Waals surface area contributed by atoms with Gasteiger partial charge < -0.3 is 5.11 Å². The molecule has 0 saturated heterocycles. The highest BCUT2D eigenvalue weighted by atomic mass is 16.6. The van der Waals surface area contributed by atoms with Crippen LogP contribution in [-0.2, 0) is 0 Å². The van der Waals surface area contributed by atoms with E-state index < -0.39 is 4.92 Å². The number of nitro groups is 1. The van der Waals surface area contributed by atoms with E-state index in [2.05, 4.69) is 4.99 Å². The molecule has 0 aliphatic heterocycles. The quantitative estimate of drug-likeness (QED) is 0.446. The molecular formula is C17H12N2O3. The van der Waals surface area contributed by atoms with Crippen LogP contribution in [0.3, 0.4) is 0 Å². The molecule has 1 N–H and O–H groups in total. The van der Waals surface area contributed by atoms with Gasteiger partial charge in [-0.05, 0) is 24.3 Å². The lowest BCUT2D eigenvalue weighted by molar-refractivity contribution is -0.383. The Kier molecular flexibility index (Phi) is 3.53. The Morgan fingerprint density at radius 2 is 1.64 bits per heavy atom. The minimum Gasteiger partial charge on any atom is -0.507 e. The van der Waals surface area contributed by atoms with E-state index in [1.54, 1.807) is 54.7 Å². The van der Waals surface area contributed by atoms with Crippen molar-refractivity contribution in [1.82, 2.24) is 0 Å². The highest BCUT2D eigenvalue weighted by molar-refractivity contribution is 6.00. The van der Waals surface area contributed by atoms with Crippen LogP contribution in [0.1, 0.15) is 5.56 Å². The fraction of sp³-hybridized carbons (Fsp3) is 0. The lowest BCUT2D eigenvalue weighted by Gasteiger charge is -2.03. The van der Waals surface area contributed by atoms with E-state index in [0.29, 0.717) is 22.0 Å².